The number of rotatable bonds is 4. The average molecular weight is 333 g/mol. The summed E-state index contributed by atoms with van der Waals surface area (Å²) in [7, 11) is 0. The van der Waals surface area contributed by atoms with Gasteiger partial charge in [-0.25, -0.2) is 4.98 Å². The zero-order valence-corrected chi connectivity index (χ0v) is 15.3. The maximum Gasteiger partial charge on any atom is 0.313 e. The van der Waals surface area contributed by atoms with Gasteiger partial charge in [-0.2, -0.15) is 5.10 Å². The molecule has 0 aromatic carbocycles. The minimum Gasteiger partial charge on any atom is -0.461 e. The van der Waals surface area contributed by atoms with E-state index in [9.17, 15) is 4.79 Å². The monoisotopic (exact) mass is 333 g/mol. The fourth-order valence-corrected chi connectivity index (χ4v) is 4.69. The summed E-state index contributed by atoms with van der Waals surface area (Å²) in [4.78, 5) is 16.9. The number of aromatic nitrogens is 3. The summed E-state index contributed by atoms with van der Waals surface area (Å²) in [6.07, 6.45) is 8.66. The van der Waals surface area contributed by atoms with Gasteiger partial charge in [-0.05, 0) is 43.4 Å². The number of H-pyrrole nitrogens is 1. The molecule has 5 nitrogen and oxygen atoms in total. The molecule has 2 aliphatic rings. The Labute approximate surface area is 145 Å². The third-order valence-corrected chi connectivity index (χ3v) is 5.77. The average Bonchev–Trinajstić information content (AvgIpc) is 3.00. The van der Waals surface area contributed by atoms with Crippen molar-refractivity contribution in [2.45, 2.75) is 84.2 Å². The highest BCUT2D eigenvalue weighted by molar-refractivity contribution is 5.71. The normalized spacial score (nSPS) is 31.8. The van der Waals surface area contributed by atoms with Crippen LogP contribution >= 0.6 is 0 Å². The van der Waals surface area contributed by atoms with E-state index in [2.05, 4.69) is 36.0 Å². The van der Waals surface area contributed by atoms with Gasteiger partial charge in [-0.15, -0.1) is 0 Å². The molecule has 1 heterocycles. The van der Waals surface area contributed by atoms with E-state index in [0.717, 1.165) is 37.4 Å². The Morgan fingerprint density at radius 2 is 1.79 bits per heavy atom. The molecule has 1 aromatic heterocycles. The van der Waals surface area contributed by atoms with Crippen LogP contribution in [0.3, 0.4) is 0 Å². The van der Waals surface area contributed by atoms with E-state index in [1.165, 1.54) is 19.3 Å². The Balaban J connectivity index is 1.54. The molecule has 5 heteroatoms. The number of nitrogens with one attached hydrogen (secondary N) is 1. The van der Waals surface area contributed by atoms with Crippen LogP contribution in [0.5, 0.6) is 0 Å². The Morgan fingerprint density at radius 3 is 2.46 bits per heavy atom. The number of carbonyl (C=O) groups excluding carboxylic acids is 1. The van der Waals surface area contributed by atoms with E-state index in [-0.39, 0.29) is 18.5 Å². The first-order valence-electron chi connectivity index (χ1n) is 9.63. The molecule has 2 fully saturated rings. The molecule has 1 N–H and O–H groups in total. The standard InChI is InChI=1S/C19H31N3O2/c1-12-9-13(2)18(14(3)10-12)24-17(23)11-16-20-19(22-21-16)15-7-5-4-6-8-15/h12-15,18H,4-11H2,1-3H3,(H,20,21,22). The summed E-state index contributed by atoms with van der Waals surface area (Å²) >= 11 is 0. The van der Waals surface area contributed by atoms with Gasteiger partial charge in [0.1, 0.15) is 18.3 Å². The summed E-state index contributed by atoms with van der Waals surface area (Å²) in [5.74, 6) is 3.38. The van der Waals surface area contributed by atoms with Gasteiger partial charge in [0.25, 0.3) is 0 Å². The van der Waals surface area contributed by atoms with Crippen molar-refractivity contribution in [2.75, 3.05) is 0 Å². The summed E-state index contributed by atoms with van der Waals surface area (Å²) in [6, 6.07) is 0. The Hall–Kier alpha value is -1.39. The lowest BCUT2D eigenvalue weighted by molar-refractivity contribution is -0.157. The van der Waals surface area contributed by atoms with Crippen LogP contribution in [0.15, 0.2) is 0 Å². The summed E-state index contributed by atoms with van der Waals surface area (Å²) in [5.41, 5.74) is 0. The van der Waals surface area contributed by atoms with Gasteiger partial charge in [0.05, 0.1) is 0 Å². The second-order valence-corrected chi connectivity index (χ2v) is 8.14. The van der Waals surface area contributed by atoms with Crippen LogP contribution in [0.25, 0.3) is 0 Å². The molecule has 0 bridgehead atoms. The van der Waals surface area contributed by atoms with Gasteiger partial charge in [0.15, 0.2) is 5.82 Å². The van der Waals surface area contributed by atoms with Gasteiger partial charge >= 0.3 is 5.97 Å². The topological polar surface area (TPSA) is 67.9 Å². The molecule has 2 unspecified atom stereocenters. The molecule has 0 saturated heterocycles. The fourth-order valence-electron chi connectivity index (χ4n) is 4.69. The molecule has 2 aliphatic carbocycles. The number of carbonyl (C=O) groups is 1. The van der Waals surface area contributed by atoms with Gasteiger partial charge in [0.2, 0.25) is 0 Å². The van der Waals surface area contributed by atoms with Gasteiger partial charge in [0, 0.05) is 5.92 Å². The predicted molar refractivity (Wildman–Crippen MR) is 92.5 cm³/mol. The van der Waals surface area contributed by atoms with Crippen LogP contribution in [0.1, 0.15) is 83.3 Å². The zero-order valence-electron chi connectivity index (χ0n) is 15.3. The van der Waals surface area contributed by atoms with Crippen molar-refractivity contribution in [1.29, 1.82) is 0 Å². The number of aromatic amines is 1. The Kier molecular flexibility index (Phi) is 5.57. The molecule has 0 amide bonds. The molecular formula is C19H31N3O2. The quantitative estimate of drug-likeness (QED) is 0.845. The third kappa shape index (κ3) is 4.17. The minimum atomic E-state index is -0.181. The molecule has 1 aromatic rings. The molecule has 0 spiro atoms. The maximum absolute atomic E-state index is 12.3. The van der Waals surface area contributed by atoms with E-state index < -0.39 is 0 Å². The van der Waals surface area contributed by atoms with Crippen molar-refractivity contribution in [3.8, 4) is 0 Å². The lowest BCUT2D eigenvalue weighted by atomic mass is 9.75. The highest BCUT2D eigenvalue weighted by atomic mass is 16.5. The van der Waals surface area contributed by atoms with Crippen LogP contribution in [0.2, 0.25) is 0 Å². The number of hydrogen-bond donors (Lipinski definition) is 1. The van der Waals surface area contributed by atoms with E-state index in [1.54, 1.807) is 0 Å². The van der Waals surface area contributed by atoms with Crippen molar-refractivity contribution in [1.82, 2.24) is 15.2 Å². The molecule has 134 valence electrons. The summed E-state index contributed by atoms with van der Waals surface area (Å²) < 4.78 is 5.80. The van der Waals surface area contributed by atoms with Crippen LogP contribution < -0.4 is 0 Å². The highest BCUT2D eigenvalue weighted by Crippen LogP contribution is 2.35. The Morgan fingerprint density at radius 1 is 1.12 bits per heavy atom. The Bertz CT molecular complexity index is 539. The van der Waals surface area contributed by atoms with Gasteiger partial charge in [-0.3, -0.25) is 9.89 Å². The summed E-state index contributed by atoms with van der Waals surface area (Å²) in [5, 5.41) is 7.27. The van der Waals surface area contributed by atoms with Crippen molar-refractivity contribution in [3.63, 3.8) is 0 Å². The van der Waals surface area contributed by atoms with Crippen LogP contribution in [-0.2, 0) is 16.0 Å². The van der Waals surface area contributed by atoms with Crippen molar-refractivity contribution in [2.24, 2.45) is 17.8 Å². The third-order valence-electron chi connectivity index (χ3n) is 5.77. The van der Waals surface area contributed by atoms with Crippen molar-refractivity contribution < 1.29 is 9.53 Å². The summed E-state index contributed by atoms with van der Waals surface area (Å²) in [6.45, 7) is 6.67. The van der Waals surface area contributed by atoms with E-state index in [4.69, 9.17) is 4.74 Å². The molecule has 0 aliphatic heterocycles. The lowest BCUT2D eigenvalue weighted by Gasteiger charge is -2.37. The molecule has 0 radical (unpaired) electrons. The minimum absolute atomic E-state index is 0.0365. The maximum atomic E-state index is 12.3. The van der Waals surface area contributed by atoms with Crippen molar-refractivity contribution in [3.05, 3.63) is 11.6 Å². The second-order valence-electron chi connectivity index (χ2n) is 8.14. The number of hydrogen-bond acceptors (Lipinski definition) is 4. The van der Waals surface area contributed by atoms with Gasteiger partial charge < -0.3 is 4.74 Å². The zero-order chi connectivity index (χ0) is 17.1. The number of esters is 1. The fraction of sp³-hybridized carbons (Fsp3) is 0.842. The molecule has 24 heavy (non-hydrogen) atoms. The predicted octanol–water partition coefficient (Wildman–Crippen LogP) is 4.01. The van der Waals surface area contributed by atoms with E-state index >= 15 is 0 Å². The molecule has 3 rings (SSSR count). The first-order valence-corrected chi connectivity index (χ1v) is 9.63. The van der Waals surface area contributed by atoms with Crippen LogP contribution in [0, 0.1) is 17.8 Å². The number of nitrogens with zero attached hydrogens (tertiary/aromatic N) is 2. The SMILES string of the molecule is CC1CC(C)C(OC(=O)Cc2nc(C3CCCCC3)n[nH]2)C(C)C1. The second kappa shape index (κ2) is 7.66. The molecule has 2 atom stereocenters. The first kappa shape index (κ1) is 17.4. The molecule has 2 saturated carbocycles. The number of ether oxygens (including phenoxy) is 1. The molecular weight excluding hydrogens is 302 g/mol. The van der Waals surface area contributed by atoms with Crippen LogP contribution in [0.4, 0.5) is 0 Å². The first-order chi connectivity index (χ1) is 11.5. The van der Waals surface area contributed by atoms with E-state index in [0.29, 0.717) is 23.6 Å². The lowest BCUT2D eigenvalue weighted by Crippen LogP contribution is -2.37. The smallest absolute Gasteiger partial charge is 0.313 e. The highest BCUT2D eigenvalue weighted by Gasteiger charge is 2.34. The van der Waals surface area contributed by atoms with E-state index in [1.807, 2.05) is 0 Å². The largest absolute Gasteiger partial charge is 0.461 e. The van der Waals surface area contributed by atoms with Gasteiger partial charge in [-0.1, -0.05) is 40.0 Å². The van der Waals surface area contributed by atoms with Crippen molar-refractivity contribution >= 4 is 5.97 Å². The van der Waals surface area contributed by atoms with Crippen LogP contribution in [-0.4, -0.2) is 27.3 Å².